The van der Waals surface area contributed by atoms with Crippen LogP contribution in [-0.2, 0) is 11.2 Å². The first kappa shape index (κ1) is 19.2. The van der Waals surface area contributed by atoms with Gasteiger partial charge in [0.15, 0.2) is 0 Å². The predicted octanol–water partition coefficient (Wildman–Crippen LogP) is 4.21. The van der Waals surface area contributed by atoms with Crippen molar-refractivity contribution in [3.05, 3.63) is 46.5 Å². The Morgan fingerprint density at radius 2 is 2.04 bits per heavy atom. The van der Waals surface area contributed by atoms with Crippen molar-refractivity contribution < 1.29 is 14.7 Å². The van der Waals surface area contributed by atoms with Gasteiger partial charge >= 0.3 is 5.97 Å². The largest absolute Gasteiger partial charge is 0.481 e. The van der Waals surface area contributed by atoms with Crippen molar-refractivity contribution in [2.75, 3.05) is 0 Å². The number of primary amides is 1. The highest BCUT2D eigenvalue weighted by Gasteiger charge is 2.13. The van der Waals surface area contributed by atoms with Crippen LogP contribution < -0.4 is 5.73 Å². The van der Waals surface area contributed by atoms with E-state index >= 15 is 0 Å². The molecular weight excluding hydrogens is 314 g/mol. The molecule has 0 saturated carbocycles. The molecule has 0 heterocycles. The minimum absolute atomic E-state index is 0.218. The van der Waals surface area contributed by atoms with Gasteiger partial charge in [-0.25, -0.2) is 0 Å². The number of aliphatic carboxylic acids is 1. The molecule has 3 N–H and O–H groups in total. The number of carbonyl (C=O) groups is 2. The van der Waals surface area contributed by atoms with Crippen LogP contribution in [0.2, 0.25) is 5.02 Å². The first-order chi connectivity index (χ1) is 11.0. The highest BCUT2D eigenvalue weighted by molar-refractivity contribution is 6.33. The maximum absolute atomic E-state index is 11.1. The number of rotatable bonds is 10. The molecule has 4 nitrogen and oxygen atoms in total. The molecule has 1 aromatic carbocycles. The summed E-state index contributed by atoms with van der Waals surface area (Å²) in [5.74, 6) is -1.44. The zero-order chi connectivity index (χ0) is 17.2. The van der Waals surface area contributed by atoms with Gasteiger partial charge in [0, 0.05) is 0 Å². The normalized spacial score (nSPS) is 12.4. The lowest BCUT2D eigenvalue weighted by atomic mass is 9.99. The third kappa shape index (κ3) is 6.87. The van der Waals surface area contributed by atoms with Crippen LogP contribution in [0.15, 0.2) is 30.4 Å². The van der Waals surface area contributed by atoms with Crippen molar-refractivity contribution in [1.82, 2.24) is 0 Å². The number of hydrogen-bond acceptors (Lipinski definition) is 2. The topological polar surface area (TPSA) is 80.4 Å². The Labute approximate surface area is 142 Å². The molecule has 0 aromatic heterocycles. The summed E-state index contributed by atoms with van der Waals surface area (Å²) in [6.45, 7) is 1.91. The summed E-state index contributed by atoms with van der Waals surface area (Å²) >= 11 is 6.00. The summed E-state index contributed by atoms with van der Waals surface area (Å²) in [4.78, 5) is 22.0. The molecule has 0 aliphatic heterocycles. The molecule has 0 aliphatic rings. The Kier molecular flexibility index (Phi) is 8.41. The Hall–Kier alpha value is -1.81. The summed E-state index contributed by atoms with van der Waals surface area (Å²) < 4.78 is 0. The fourth-order valence-electron chi connectivity index (χ4n) is 2.38. The zero-order valence-corrected chi connectivity index (χ0v) is 14.2. The Balaban J connectivity index is 2.30. The molecule has 0 bridgehead atoms. The van der Waals surface area contributed by atoms with Crippen LogP contribution >= 0.6 is 11.6 Å². The number of carbonyl (C=O) groups excluding carboxylic acids is 1. The molecule has 1 unspecified atom stereocenters. The number of amides is 1. The maximum Gasteiger partial charge on any atom is 0.306 e. The van der Waals surface area contributed by atoms with Crippen molar-refractivity contribution >= 4 is 23.5 Å². The summed E-state index contributed by atoms with van der Waals surface area (Å²) in [6.07, 6.45) is 9.17. The number of allylic oxidation sites excluding steroid dienone is 2. The van der Waals surface area contributed by atoms with Crippen molar-refractivity contribution in [3.8, 4) is 0 Å². The first-order valence-corrected chi connectivity index (χ1v) is 8.29. The van der Waals surface area contributed by atoms with Gasteiger partial charge in [0.2, 0.25) is 5.91 Å². The van der Waals surface area contributed by atoms with Crippen LogP contribution in [0, 0.1) is 5.92 Å². The molecule has 1 atom stereocenters. The summed E-state index contributed by atoms with van der Waals surface area (Å²) in [6, 6.07) is 5.24. The van der Waals surface area contributed by atoms with E-state index in [0.717, 1.165) is 37.7 Å². The lowest BCUT2D eigenvalue weighted by molar-refractivity contribution is -0.142. The SMILES string of the molecule is CCC(CCCCC=CCc1ccc(C(N)=O)c(Cl)c1)C(=O)O. The molecule has 0 fully saturated rings. The van der Waals surface area contributed by atoms with Crippen LogP contribution in [0.3, 0.4) is 0 Å². The number of unbranched alkanes of at least 4 members (excludes halogenated alkanes) is 2. The van der Waals surface area contributed by atoms with E-state index in [-0.39, 0.29) is 5.92 Å². The van der Waals surface area contributed by atoms with Crippen LogP contribution in [0.25, 0.3) is 0 Å². The molecule has 0 saturated heterocycles. The minimum Gasteiger partial charge on any atom is -0.481 e. The highest BCUT2D eigenvalue weighted by Crippen LogP contribution is 2.18. The number of hydrogen-bond donors (Lipinski definition) is 2. The Morgan fingerprint density at radius 1 is 1.30 bits per heavy atom. The Bertz CT molecular complexity index is 569. The van der Waals surface area contributed by atoms with E-state index in [9.17, 15) is 9.59 Å². The van der Waals surface area contributed by atoms with Crippen LogP contribution in [-0.4, -0.2) is 17.0 Å². The van der Waals surface area contributed by atoms with Crippen molar-refractivity contribution in [2.45, 2.75) is 45.4 Å². The molecule has 23 heavy (non-hydrogen) atoms. The zero-order valence-electron chi connectivity index (χ0n) is 13.4. The maximum atomic E-state index is 11.1. The van der Waals surface area contributed by atoms with E-state index in [1.54, 1.807) is 12.1 Å². The van der Waals surface area contributed by atoms with Gasteiger partial charge in [0.05, 0.1) is 16.5 Å². The summed E-state index contributed by atoms with van der Waals surface area (Å²) in [5.41, 5.74) is 6.57. The number of halogens is 1. The lowest BCUT2D eigenvalue weighted by Gasteiger charge is -2.08. The van der Waals surface area contributed by atoms with Crippen LogP contribution in [0.5, 0.6) is 0 Å². The van der Waals surface area contributed by atoms with E-state index in [2.05, 4.69) is 12.2 Å². The molecule has 0 spiro atoms. The lowest BCUT2D eigenvalue weighted by Crippen LogP contribution is -2.12. The van der Waals surface area contributed by atoms with E-state index in [0.29, 0.717) is 17.0 Å². The number of nitrogens with two attached hydrogens (primary N) is 1. The molecular formula is C18H24ClNO3. The second kappa shape index (κ2) is 10.1. The molecule has 0 aliphatic carbocycles. The number of carboxylic acids is 1. The summed E-state index contributed by atoms with van der Waals surface area (Å²) in [7, 11) is 0. The van der Waals surface area contributed by atoms with Gasteiger partial charge in [-0.15, -0.1) is 0 Å². The third-order valence-electron chi connectivity index (χ3n) is 3.83. The Morgan fingerprint density at radius 3 is 2.61 bits per heavy atom. The molecule has 1 aromatic rings. The van der Waals surface area contributed by atoms with Crippen LogP contribution in [0.4, 0.5) is 0 Å². The number of benzene rings is 1. The second-order valence-corrected chi connectivity index (χ2v) is 5.99. The minimum atomic E-state index is -0.695. The average molecular weight is 338 g/mol. The van der Waals surface area contributed by atoms with Gasteiger partial charge < -0.3 is 10.8 Å². The van der Waals surface area contributed by atoms with Crippen molar-refractivity contribution in [1.29, 1.82) is 0 Å². The van der Waals surface area contributed by atoms with Gasteiger partial charge in [-0.3, -0.25) is 9.59 Å². The standard InChI is InChI=1S/C18H24ClNO3/c1-2-14(18(22)23)9-7-5-3-4-6-8-13-10-11-15(17(20)21)16(19)12-13/h4,6,10-12,14H,2-3,5,7-9H2,1H3,(H2,20,21)(H,22,23). The average Bonchev–Trinajstić information content (AvgIpc) is 2.49. The molecule has 0 radical (unpaired) electrons. The quantitative estimate of drug-likeness (QED) is 0.495. The van der Waals surface area contributed by atoms with Crippen molar-refractivity contribution in [3.63, 3.8) is 0 Å². The molecule has 1 amide bonds. The monoisotopic (exact) mass is 337 g/mol. The van der Waals surface area contributed by atoms with Crippen molar-refractivity contribution in [2.24, 2.45) is 11.7 Å². The van der Waals surface area contributed by atoms with E-state index in [4.69, 9.17) is 22.4 Å². The summed E-state index contributed by atoms with van der Waals surface area (Å²) in [5, 5.41) is 9.34. The third-order valence-corrected chi connectivity index (χ3v) is 4.15. The van der Waals surface area contributed by atoms with Gasteiger partial charge in [-0.1, -0.05) is 43.2 Å². The fourth-order valence-corrected chi connectivity index (χ4v) is 2.67. The van der Waals surface area contributed by atoms with E-state index < -0.39 is 11.9 Å². The molecule has 5 heteroatoms. The molecule has 1 rings (SSSR count). The first-order valence-electron chi connectivity index (χ1n) is 7.91. The van der Waals surface area contributed by atoms with Gasteiger partial charge in [0.25, 0.3) is 0 Å². The molecule has 126 valence electrons. The fraction of sp³-hybridized carbons (Fsp3) is 0.444. The van der Waals surface area contributed by atoms with Gasteiger partial charge in [-0.2, -0.15) is 0 Å². The predicted molar refractivity (Wildman–Crippen MR) is 92.7 cm³/mol. The number of carboxylic acid groups (broad SMARTS) is 1. The van der Waals surface area contributed by atoms with Gasteiger partial charge in [-0.05, 0) is 49.8 Å². The smallest absolute Gasteiger partial charge is 0.306 e. The van der Waals surface area contributed by atoms with E-state index in [1.807, 2.05) is 13.0 Å². The second-order valence-electron chi connectivity index (χ2n) is 5.58. The van der Waals surface area contributed by atoms with Crippen LogP contribution in [0.1, 0.15) is 54.9 Å². The van der Waals surface area contributed by atoms with E-state index in [1.165, 1.54) is 0 Å². The highest BCUT2D eigenvalue weighted by atomic mass is 35.5. The van der Waals surface area contributed by atoms with Gasteiger partial charge in [0.1, 0.15) is 0 Å².